The maximum Gasteiger partial charge on any atom is 0.228 e. The van der Waals surface area contributed by atoms with Crippen molar-refractivity contribution in [2.24, 2.45) is 5.92 Å². The standard InChI is InChI=1S/C24H26FN3O2/c25-19-6-8-21(9-7-19)28-15-18(14-23(28)29)24(30)27-13-12-26(20-10-11-20)16-22(27)17-4-2-1-3-5-17/h1-9,18,20,22H,10-16H2. The summed E-state index contributed by atoms with van der Waals surface area (Å²) in [4.78, 5) is 32.2. The second kappa shape index (κ2) is 7.84. The molecule has 2 aliphatic heterocycles. The summed E-state index contributed by atoms with van der Waals surface area (Å²) < 4.78 is 13.2. The van der Waals surface area contributed by atoms with Crippen molar-refractivity contribution in [3.05, 3.63) is 66.0 Å². The SMILES string of the molecule is O=C1CC(C(=O)N2CCN(C3CC3)CC2c2ccccc2)CN1c1ccc(F)cc1. The Kier molecular flexibility index (Phi) is 5.03. The molecule has 2 unspecified atom stereocenters. The minimum absolute atomic E-state index is 0.0167. The molecule has 6 heteroatoms. The molecule has 0 aromatic heterocycles. The molecule has 1 saturated carbocycles. The van der Waals surface area contributed by atoms with Crippen LogP contribution in [0.4, 0.5) is 10.1 Å². The van der Waals surface area contributed by atoms with E-state index in [1.54, 1.807) is 17.0 Å². The molecule has 2 heterocycles. The number of amides is 2. The van der Waals surface area contributed by atoms with Gasteiger partial charge in [0.15, 0.2) is 0 Å². The van der Waals surface area contributed by atoms with Crippen LogP contribution in [0.3, 0.4) is 0 Å². The number of hydrogen-bond acceptors (Lipinski definition) is 3. The van der Waals surface area contributed by atoms with Crippen LogP contribution in [0.1, 0.15) is 30.9 Å². The molecule has 5 rings (SSSR count). The second-order valence-electron chi connectivity index (χ2n) is 8.57. The monoisotopic (exact) mass is 407 g/mol. The zero-order valence-electron chi connectivity index (χ0n) is 16.9. The summed E-state index contributed by atoms with van der Waals surface area (Å²) in [6, 6.07) is 16.8. The van der Waals surface area contributed by atoms with E-state index in [0.29, 0.717) is 24.8 Å². The van der Waals surface area contributed by atoms with Crippen LogP contribution in [-0.2, 0) is 9.59 Å². The Hall–Kier alpha value is -2.73. The smallest absolute Gasteiger partial charge is 0.228 e. The molecule has 2 amide bonds. The highest BCUT2D eigenvalue weighted by atomic mass is 19.1. The number of benzene rings is 2. The number of hydrogen-bond donors (Lipinski definition) is 0. The van der Waals surface area contributed by atoms with Crippen LogP contribution in [-0.4, -0.2) is 53.8 Å². The summed E-state index contributed by atoms with van der Waals surface area (Å²) in [5.41, 5.74) is 1.80. The first kappa shape index (κ1) is 19.2. The van der Waals surface area contributed by atoms with Crippen LogP contribution in [0.25, 0.3) is 0 Å². The van der Waals surface area contributed by atoms with Gasteiger partial charge in [-0.1, -0.05) is 30.3 Å². The Morgan fingerprint density at radius 1 is 0.933 bits per heavy atom. The average Bonchev–Trinajstić information content (AvgIpc) is 3.56. The predicted octanol–water partition coefficient (Wildman–Crippen LogP) is 3.23. The van der Waals surface area contributed by atoms with Gasteiger partial charge >= 0.3 is 0 Å². The highest BCUT2D eigenvalue weighted by Crippen LogP contribution is 2.35. The molecule has 5 nitrogen and oxygen atoms in total. The van der Waals surface area contributed by atoms with E-state index < -0.39 is 0 Å². The fraction of sp³-hybridized carbons (Fsp3) is 0.417. The van der Waals surface area contributed by atoms with Crippen LogP contribution >= 0.6 is 0 Å². The third-order valence-electron chi connectivity index (χ3n) is 6.56. The highest BCUT2D eigenvalue weighted by molar-refractivity contribution is 6.00. The zero-order chi connectivity index (χ0) is 20.7. The van der Waals surface area contributed by atoms with E-state index in [1.165, 1.54) is 25.0 Å². The summed E-state index contributed by atoms with van der Waals surface area (Å²) >= 11 is 0. The van der Waals surface area contributed by atoms with Crippen molar-refractivity contribution < 1.29 is 14.0 Å². The van der Waals surface area contributed by atoms with Crippen LogP contribution in [0, 0.1) is 11.7 Å². The molecule has 2 saturated heterocycles. The maximum atomic E-state index is 13.5. The number of halogens is 1. The third-order valence-corrected chi connectivity index (χ3v) is 6.56. The van der Waals surface area contributed by atoms with E-state index in [2.05, 4.69) is 17.0 Å². The van der Waals surface area contributed by atoms with E-state index in [0.717, 1.165) is 18.7 Å². The summed E-state index contributed by atoms with van der Waals surface area (Å²) in [7, 11) is 0. The molecule has 0 spiro atoms. The minimum Gasteiger partial charge on any atom is -0.333 e. The fourth-order valence-electron chi connectivity index (χ4n) is 4.78. The van der Waals surface area contributed by atoms with E-state index in [9.17, 15) is 14.0 Å². The summed E-state index contributed by atoms with van der Waals surface area (Å²) in [6.45, 7) is 2.79. The second-order valence-corrected chi connectivity index (χ2v) is 8.57. The normalized spacial score (nSPS) is 25.0. The number of anilines is 1. The van der Waals surface area contributed by atoms with Gasteiger partial charge in [-0.2, -0.15) is 0 Å². The minimum atomic E-state index is -0.360. The molecule has 30 heavy (non-hydrogen) atoms. The average molecular weight is 407 g/mol. The number of carbonyl (C=O) groups is 2. The molecular weight excluding hydrogens is 381 g/mol. The number of nitrogens with zero attached hydrogens (tertiary/aromatic N) is 3. The number of carbonyl (C=O) groups excluding carboxylic acids is 2. The zero-order valence-corrected chi connectivity index (χ0v) is 16.9. The van der Waals surface area contributed by atoms with Crippen LogP contribution < -0.4 is 4.90 Å². The maximum absolute atomic E-state index is 13.5. The van der Waals surface area contributed by atoms with Gasteiger partial charge in [0.25, 0.3) is 0 Å². The number of piperazine rings is 1. The lowest BCUT2D eigenvalue weighted by atomic mass is 9.98. The molecule has 0 bridgehead atoms. The van der Waals surface area contributed by atoms with Gasteiger partial charge in [0.05, 0.1) is 12.0 Å². The van der Waals surface area contributed by atoms with Gasteiger partial charge in [-0.25, -0.2) is 4.39 Å². The Bertz CT molecular complexity index is 929. The highest BCUT2D eigenvalue weighted by Gasteiger charge is 2.42. The fourth-order valence-corrected chi connectivity index (χ4v) is 4.78. The molecule has 2 aromatic carbocycles. The van der Waals surface area contributed by atoms with Gasteiger partial charge in [-0.15, -0.1) is 0 Å². The molecule has 0 N–H and O–H groups in total. The molecule has 2 aromatic rings. The summed E-state index contributed by atoms with van der Waals surface area (Å²) in [6.07, 6.45) is 2.71. The van der Waals surface area contributed by atoms with Gasteiger partial charge in [-0.05, 0) is 42.7 Å². The molecule has 1 aliphatic carbocycles. The molecule has 156 valence electrons. The van der Waals surface area contributed by atoms with E-state index in [-0.39, 0.29) is 36.0 Å². The third kappa shape index (κ3) is 3.72. The van der Waals surface area contributed by atoms with Crippen molar-refractivity contribution in [2.45, 2.75) is 31.3 Å². The first-order chi connectivity index (χ1) is 14.6. The largest absolute Gasteiger partial charge is 0.333 e. The Morgan fingerprint density at radius 3 is 2.37 bits per heavy atom. The van der Waals surface area contributed by atoms with Gasteiger partial charge in [-0.3, -0.25) is 14.5 Å². The Labute approximate surface area is 176 Å². The van der Waals surface area contributed by atoms with E-state index in [4.69, 9.17) is 0 Å². The van der Waals surface area contributed by atoms with Gasteiger partial charge in [0.1, 0.15) is 5.82 Å². The predicted molar refractivity (Wildman–Crippen MR) is 112 cm³/mol. The van der Waals surface area contributed by atoms with Crippen LogP contribution in [0.15, 0.2) is 54.6 Å². The van der Waals surface area contributed by atoms with Crippen molar-refractivity contribution in [2.75, 3.05) is 31.1 Å². The number of rotatable bonds is 4. The van der Waals surface area contributed by atoms with Gasteiger partial charge < -0.3 is 9.80 Å². The molecule has 3 fully saturated rings. The summed E-state index contributed by atoms with van der Waals surface area (Å²) in [5.74, 6) is -0.719. The quantitative estimate of drug-likeness (QED) is 0.782. The Balaban J connectivity index is 1.35. The van der Waals surface area contributed by atoms with E-state index in [1.807, 2.05) is 23.1 Å². The molecule has 2 atom stereocenters. The van der Waals surface area contributed by atoms with E-state index >= 15 is 0 Å². The lowest BCUT2D eigenvalue weighted by molar-refractivity contribution is -0.141. The molecular formula is C24H26FN3O2. The first-order valence-electron chi connectivity index (χ1n) is 10.8. The molecule has 3 aliphatic rings. The van der Waals surface area contributed by atoms with Crippen LogP contribution in [0.2, 0.25) is 0 Å². The van der Waals surface area contributed by atoms with Crippen molar-refractivity contribution >= 4 is 17.5 Å². The van der Waals surface area contributed by atoms with Crippen molar-refractivity contribution in [1.29, 1.82) is 0 Å². The van der Waals surface area contributed by atoms with Crippen molar-refractivity contribution in [3.8, 4) is 0 Å². The summed E-state index contributed by atoms with van der Waals surface area (Å²) in [5, 5.41) is 0. The van der Waals surface area contributed by atoms with Gasteiger partial charge in [0, 0.05) is 44.3 Å². The van der Waals surface area contributed by atoms with Crippen LogP contribution in [0.5, 0.6) is 0 Å². The van der Waals surface area contributed by atoms with Gasteiger partial charge in [0.2, 0.25) is 11.8 Å². The van der Waals surface area contributed by atoms with Crippen molar-refractivity contribution in [3.63, 3.8) is 0 Å². The molecule has 0 radical (unpaired) electrons. The topological polar surface area (TPSA) is 43.9 Å². The Morgan fingerprint density at radius 2 is 1.67 bits per heavy atom. The lowest BCUT2D eigenvalue weighted by Crippen LogP contribution is -2.52. The lowest BCUT2D eigenvalue weighted by Gasteiger charge is -2.43. The van der Waals surface area contributed by atoms with Crippen molar-refractivity contribution in [1.82, 2.24) is 9.80 Å². The first-order valence-corrected chi connectivity index (χ1v) is 10.8.